The lowest BCUT2D eigenvalue weighted by Crippen LogP contribution is -2.24. The van der Waals surface area contributed by atoms with Gasteiger partial charge in [-0.3, -0.25) is 14.9 Å². The second-order valence-corrected chi connectivity index (χ2v) is 4.22. The summed E-state index contributed by atoms with van der Waals surface area (Å²) in [6, 6.07) is 5.51. The molecule has 84 valence electrons. The third kappa shape index (κ3) is 1.90. The van der Waals surface area contributed by atoms with Crippen LogP contribution in [0.3, 0.4) is 0 Å². The van der Waals surface area contributed by atoms with E-state index in [0.29, 0.717) is 10.2 Å². The second kappa shape index (κ2) is 4.17. The number of aryl methyl sites for hydroxylation is 2. The van der Waals surface area contributed by atoms with Crippen LogP contribution >= 0.6 is 15.9 Å². The van der Waals surface area contributed by atoms with E-state index in [-0.39, 0.29) is 5.91 Å². The maximum absolute atomic E-state index is 11.9. The van der Waals surface area contributed by atoms with E-state index in [0.717, 1.165) is 11.4 Å². The topological polar surface area (TPSA) is 47.2 Å². The molecule has 0 atom stereocenters. The van der Waals surface area contributed by atoms with Crippen LogP contribution in [0.15, 0.2) is 33.5 Å². The molecule has 2 heterocycles. The molecule has 0 saturated carbocycles. The number of hydrogen-bond acceptors (Lipinski definition) is 2. The minimum absolute atomic E-state index is 0.206. The number of nitrogens with one attached hydrogen (secondary N) is 1. The van der Waals surface area contributed by atoms with E-state index in [1.165, 1.54) is 6.26 Å². The van der Waals surface area contributed by atoms with Crippen molar-refractivity contribution < 1.29 is 9.21 Å². The Bertz CT molecular complexity index is 508. The van der Waals surface area contributed by atoms with E-state index in [1.54, 1.807) is 10.7 Å². The van der Waals surface area contributed by atoms with Gasteiger partial charge in [-0.2, -0.15) is 0 Å². The molecule has 2 rings (SSSR count). The van der Waals surface area contributed by atoms with Gasteiger partial charge >= 0.3 is 0 Å². The fraction of sp³-hybridized carbons (Fsp3) is 0.182. The van der Waals surface area contributed by atoms with Crippen molar-refractivity contribution >= 4 is 21.8 Å². The number of rotatable bonds is 2. The minimum Gasteiger partial charge on any atom is -0.457 e. The van der Waals surface area contributed by atoms with Crippen molar-refractivity contribution in [3.8, 4) is 0 Å². The molecule has 16 heavy (non-hydrogen) atoms. The lowest BCUT2D eigenvalue weighted by molar-refractivity contribution is 0.100. The Morgan fingerprint density at radius 2 is 1.94 bits per heavy atom. The first-order valence-corrected chi connectivity index (χ1v) is 5.58. The molecule has 2 aromatic heterocycles. The van der Waals surface area contributed by atoms with Crippen LogP contribution in [0.25, 0.3) is 0 Å². The highest BCUT2D eigenvalue weighted by molar-refractivity contribution is 9.10. The second-order valence-electron chi connectivity index (χ2n) is 3.50. The third-order valence-electron chi connectivity index (χ3n) is 2.35. The highest BCUT2D eigenvalue weighted by atomic mass is 79.9. The van der Waals surface area contributed by atoms with E-state index in [2.05, 4.69) is 21.4 Å². The van der Waals surface area contributed by atoms with E-state index in [9.17, 15) is 4.79 Å². The Labute approximate surface area is 101 Å². The van der Waals surface area contributed by atoms with Gasteiger partial charge in [0.25, 0.3) is 5.91 Å². The average molecular weight is 283 g/mol. The van der Waals surface area contributed by atoms with Crippen LogP contribution in [-0.2, 0) is 0 Å². The Balaban J connectivity index is 2.24. The number of carbonyl (C=O) groups excluding carboxylic acids is 1. The fourth-order valence-corrected chi connectivity index (χ4v) is 1.88. The van der Waals surface area contributed by atoms with E-state index in [1.807, 2.05) is 26.0 Å². The SMILES string of the molecule is Cc1ccc(C)n1NC(=O)c1ccoc1Br. The quantitative estimate of drug-likeness (QED) is 0.921. The van der Waals surface area contributed by atoms with E-state index < -0.39 is 0 Å². The number of furan rings is 1. The molecule has 2 aromatic rings. The first-order valence-electron chi connectivity index (χ1n) is 4.79. The number of hydrogen-bond donors (Lipinski definition) is 1. The van der Waals surface area contributed by atoms with Crippen LogP contribution in [-0.4, -0.2) is 10.6 Å². The molecule has 5 heteroatoms. The summed E-state index contributed by atoms with van der Waals surface area (Å²) in [6.07, 6.45) is 1.47. The van der Waals surface area contributed by atoms with Gasteiger partial charge in [0.1, 0.15) is 0 Å². The molecule has 1 N–H and O–H groups in total. The molecule has 0 unspecified atom stereocenters. The Hall–Kier alpha value is -1.49. The van der Waals surface area contributed by atoms with Gasteiger partial charge in [0.15, 0.2) is 4.67 Å². The Morgan fingerprint density at radius 1 is 1.31 bits per heavy atom. The Kier molecular flexibility index (Phi) is 2.87. The van der Waals surface area contributed by atoms with Crippen molar-refractivity contribution in [3.63, 3.8) is 0 Å². The summed E-state index contributed by atoms with van der Waals surface area (Å²) < 4.78 is 7.19. The number of halogens is 1. The molecule has 0 aliphatic carbocycles. The maximum atomic E-state index is 11.9. The molecule has 0 bridgehead atoms. The summed E-state index contributed by atoms with van der Waals surface area (Å²) in [5.74, 6) is -0.206. The van der Waals surface area contributed by atoms with Gasteiger partial charge in [-0.25, -0.2) is 0 Å². The number of aromatic nitrogens is 1. The Morgan fingerprint density at radius 3 is 2.44 bits per heavy atom. The predicted octanol–water partition coefficient (Wildman–Crippen LogP) is 2.84. The lowest BCUT2D eigenvalue weighted by atomic mass is 10.3. The van der Waals surface area contributed by atoms with Gasteiger partial charge in [-0.15, -0.1) is 0 Å². The third-order valence-corrected chi connectivity index (χ3v) is 2.96. The van der Waals surface area contributed by atoms with Gasteiger partial charge < -0.3 is 4.42 Å². The molecular weight excluding hydrogens is 272 g/mol. The molecule has 4 nitrogen and oxygen atoms in total. The van der Waals surface area contributed by atoms with E-state index in [4.69, 9.17) is 4.42 Å². The summed E-state index contributed by atoms with van der Waals surface area (Å²) in [7, 11) is 0. The highest BCUT2D eigenvalue weighted by Crippen LogP contribution is 2.17. The summed E-state index contributed by atoms with van der Waals surface area (Å²) in [5.41, 5.74) is 5.22. The van der Waals surface area contributed by atoms with Crippen LogP contribution in [0.4, 0.5) is 0 Å². The van der Waals surface area contributed by atoms with Gasteiger partial charge in [-0.05, 0) is 48.0 Å². The van der Waals surface area contributed by atoms with Gasteiger partial charge in [-0.1, -0.05) is 0 Å². The standard InChI is InChI=1S/C11H11BrN2O2/c1-7-3-4-8(2)14(7)13-11(15)9-5-6-16-10(9)12/h3-6H,1-2H3,(H,13,15). The van der Waals surface area contributed by atoms with Gasteiger partial charge in [0.2, 0.25) is 0 Å². The summed E-state index contributed by atoms with van der Waals surface area (Å²) in [6.45, 7) is 3.86. The first kappa shape index (κ1) is 11.0. The van der Waals surface area contributed by atoms with Gasteiger partial charge in [0.05, 0.1) is 11.8 Å². The molecule has 0 saturated heterocycles. The van der Waals surface area contributed by atoms with Crippen molar-refractivity contribution in [2.45, 2.75) is 13.8 Å². The zero-order valence-electron chi connectivity index (χ0n) is 8.95. The molecule has 0 aliphatic rings. The van der Waals surface area contributed by atoms with Crippen molar-refractivity contribution in [2.24, 2.45) is 0 Å². The maximum Gasteiger partial charge on any atom is 0.274 e. The van der Waals surface area contributed by atoms with Crippen LogP contribution < -0.4 is 5.43 Å². The number of amides is 1. The largest absolute Gasteiger partial charge is 0.457 e. The molecule has 0 aliphatic heterocycles. The van der Waals surface area contributed by atoms with E-state index >= 15 is 0 Å². The van der Waals surface area contributed by atoms with Crippen molar-refractivity contribution in [3.05, 3.63) is 46.1 Å². The summed E-state index contributed by atoms with van der Waals surface area (Å²) in [5, 5.41) is 0. The smallest absolute Gasteiger partial charge is 0.274 e. The first-order chi connectivity index (χ1) is 7.59. The molecular formula is C11H11BrN2O2. The van der Waals surface area contributed by atoms with Crippen LogP contribution in [0, 0.1) is 13.8 Å². The highest BCUT2D eigenvalue weighted by Gasteiger charge is 2.13. The molecule has 0 fully saturated rings. The molecule has 0 aromatic carbocycles. The molecule has 0 spiro atoms. The zero-order chi connectivity index (χ0) is 11.7. The van der Waals surface area contributed by atoms with Crippen LogP contribution in [0.5, 0.6) is 0 Å². The van der Waals surface area contributed by atoms with Crippen molar-refractivity contribution in [2.75, 3.05) is 5.43 Å². The number of nitrogens with zero attached hydrogens (tertiary/aromatic N) is 1. The van der Waals surface area contributed by atoms with Crippen LogP contribution in [0.1, 0.15) is 21.7 Å². The number of carbonyl (C=O) groups is 1. The molecule has 1 amide bonds. The summed E-state index contributed by atoms with van der Waals surface area (Å²) in [4.78, 5) is 11.9. The fourth-order valence-electron chi connectivity index (χ4n) is 1.46. The summed E-state index contributed by atoms with van der Waals surface area (Å²) >= 11 is 3.17. The van der Waals surface area contributed by atoms with Gasteiger partial charge in [0, 0.05) is 11.4 Å². The predicted molar refractivity (Wildman–Crippen MR) is 64.0 cm³/mol. The zero-order valence-corrected chi connectivity index (χ0v) is 10.5. The minimum atomic E-state index is -0.206. The van der Waals surface area contributed by atoms with Crippen molar-refractivity contribution in [1.29, 1.82) is 0 Å². The average Bonchev–Trinajstić information content (AvgIpc) is 2.79. The van der Waals surface area contributed by atoms with Crippen molar-refractivity contribution in [1.82, 2.24) is 4.68 Å². The lowest BCUT2D eigenvalue weighted by Gasteiger charge is -2.10. The molecule has 0 radical (unpaired) electrons. The normalized spacial score (nSPS) is 10.4. The van der Waals surface area contributed by atoms with Crippen LogP contribution in [0.2, 0.25) is 0 Å². The monoisotopic (exact) mass is 282 g/mol.